The Morgan fingerprint density at radius 2 is 0.649 bits per heavy atom. The molecule has 0 aromatic carbocycles. The number of unbranched alkanes of at least 4 members (excludes halogenated alkanes) is 23. The SMILES string of the molecule is CCCCCCCCCCCCCCCCCC1N(CCCC)C=CN1CCCCCCCCCCC. The summed E-state index contributed by atoms with van der Waals surface area (Å²) in [5.74, 6) is 0. The van der Waals surface area contributed by atoms with E-state index in [1.54, 1.807) is 0 Å². The van der Waals surface area contributed by atoms with Crippen LogP contribution in [-0.4, -0.2) is 29.1 Å². The van der Waals surface area contributed by atoms with Crippen LogP contribution in [0.15, 0.2) is 12.4 Å². The number of hydrogen-bond acceptors (Lipinski definition) is 2. The van der Waals surface area contributed by atoms with Crippen molar-refractivity contribution in [2.45, 2.75) is 200 Å². The minimum atomic E-state index is 0.641. The summed E-state index contributed by atoms with van der Waals surface area (Å²) in [7, 11) is 0. The maximum Gasteiger partial charge on any atom is 0.101 e. The Hall–Kier alpha value is -0.660. The summed E-state index contributed by atoms with van der Waals surface area (Å²) in [6.07, 6.45) is 44.1. The lowest BCUT2D eigenvalue weighted by molar-refractivity contribution is 0.136. The van der Waals surface area contributed by atoms with Crippen molar-refractivity contribution in [1.29, 1.82) is 0 Å². The van der Waals surface area contributed by atoms with Crippen LogP contribution in [0.2, 0.25) is 0 Å². The zero-order chi connectivity index (χ0) is 26.7. The molecular weight excluding hydrogens is 448 g/mol. The van der Waals surface area contributed by atoms with Crippen LogP contribution in [0.1, 0.15) is 194 Å². The normalized spacial score (nSPS) is 15.4. The zero-order valence-corrected chi connectivity index (χ0v) is 26.1. The third kappa shape index (κ3) is 20.0. The van der Waals surface area contributed by atoms with Gasteiger partial charge >= 0.3 is 0 Å². The van der Waals surface area contributed by atoms with Crippen molar-refractivity contribution in [2.75, 3.05) is 13.1 Å². The van der Waals surface area contributed by atoms with Gasteiger partial charge in [0.2, 0.25) is 0 Å². The largest absolute Gasteiger partial charge is 0.356 e. The van der Waals surface area contributed by atoms with Gasteiger partial charge in [0.05, 0.1) is 0 Å². The first kappa shape index (κ1) is 34.4. The van der Waals surface area contributed by atoms with Gasteiger partial charge in [-0.15, -0.1) is 0 Å². The molecule has 0 saturated heterocycles. The topological polar surface area (TPSA) is 6.48 Å². The maximum absolute atomic E-state index is 2.68. The Labute approximate surface area is 235 Å². The van der Waals surface area contributed by atoms with E-state index in [0.29, 0.717) is 6.17 Å². The molecule has 0 bridgehead atoms. The fourth-order valence-corrected chi connectivity index (χ4v) is 5.98. The molecule has 0 fully saturated rings. The van der Waals surface area contributed by atoms with Crippen LogP contribution in [0, 0.1) is 0 Å². The molecule has 0 aliphatic carbocycles. The molecule has 0 spiro atoms. The minimum Gasteiger partial charge on any atom is -0.356 e. The fraction of sp³-hybridized carbons (Fsp3) is 0.943. The van der Waals surface area contributed by atoms with E-state index >= 15 is 0 Å². The average Bonchev–Trinajstić information content (AvgIpc) is 3.29. The lowest BCUT2D eigenvalue weighted by Crippen LogP contribution is -2.39. The summed E-state index contributed by atoms with van der Waals surface area (Å²) in [4.78, 5) is 5.34. The highest BCUT2D eigenvalue weighted by molar-refractivity contribution is 4.96. The molecule has 1 aliphatic rings. The van der Waals surface area contributed by atoms with Gasteiger partial charge in [0, 0.05) is 25.5 Å². The molecule has 1 heterocycles. The molecular formula is C35H70N2. The zero-order valence-electron chi connectivity index (χ0n) is 26.1. The van der Waals surface area contributed by atoms with Crippen molar-refractivity contribution in [3.63, 3.8) is 0 Å². The van der Waals surface area contributed by atoms with Crippen LogP contribution in [0.5, 0.6) is 0 Å². The number of rotatable bonds is 29. The Balaban J connectivity index is 2.05. The molecule has 0 saturated carbocycles. The Kier molecular flexibility index (Phi) is 25.0. The number of hydrogen-bond donors (Lipinski definition) is 0. The molecule has 2 heteroatoms. The molecule has 0 amide bonds. The van der Waals surface area contributed by atoms with E-state index in [-0.39, 0.29) is 0 Å². The average molecular weight is 519 g/mol. The van der Waals surface area contributed by atoms with Gasteiger partial charge in [-0.05, 0) is 25.7 Å². The Morgan fingerprint density at radius 1 is 0.351 bits per heavy atom. The van der Waals surface area contributed by atoms with E-state index in [1.807, 2.05) is 0 Å². The first-order chi connectivity index (χ1) is 18.3. The van der Waals surface area contributed by atoms with Gasteiger partial charge in [-0.2, -0.15) is 0 Å². The van der Waals surface area contributed by atoms with Gasteiger partial charge in [0.15, 0.2) is 0 Å². The number of nitrogens with zero attached hydrogens (tertiary/aromatic N) is 2. The van der Waals surface area contributed by atoms with Crippen LogP contribution >= 0.6 is 0 Å². The minimum absolute atomic E-state index is 0.641. The van der Waals surface area contributed by atoms with Crippen molar-refractivity contribution >= 4 is 0 Å². The summed E-state index contributed by atoms with van der Waals surface area (Å²) in [5, 5.41) is 0. The molecule has 37 heavy (non-hydrogen) atoms. The lowest BCUT2D eigenvalue weighted by atomic mass is 10.0. The smallest absolute Gasteiger partial charge is 0.101 e. The van der Waals surface area contributed by atoms with Crippen molar-refractivity contribution in [2.24, 2.45) is 0 Å². The molecule has 0 aromatic rings. The molecule has 0 aromatic heterocycles. The van der Waals surface area contributed by atoms with Crippen LogP contribution < -0.4 is 0 Å². The van der Waals surface area contributed by atoms with E-state index in [1.165, 1.54) is 186 Å². The molecule has 2 nitrogen and oxygen atoms in total. The summed E-state index contributed by atoms with van der Waals surface area (Å²) < 4.78 is 0. The highest BCUT2D eigenvalue weighted by Crippen LogP contribution is 2.23. The second-order valence-corrected chi connectivity index (χ2v) is 12.2. The van der Waals surface area contributed by atoms with Gasteiger partial charge in [-0.1, -0.05) is 168 Å². The van der Waals surface area contributed by atoms with Gasteiger partial charge < -0.3 is 9.80 Å². The van der Waals surface area contributed by atoms with Crippen molar-refractivity contribution < 1.29 is 0 Å². The van der Waals surface area contributed by atoms with Gasteiger partial charge in [-0.3, -0.25) is 0 Å². The fourth-order valence-electron chi connectivity index (χ4n) is 5.98. The van der Waals surface area contributed by atoms with Crippen LogP contribution in [0.4, 0.5) is 0 Å². The second-order valence-electron chi connectivity index (χ2n) is 12.2. The highest BCUT2D eigenvalue weighted by Gasteiger charge is 2.24. The maximum atomic E-state index is 2.68. The molecule has 1 rings (SSSR count). The predicted octanol–water partition coefficient (Wildman–Crippen LogP) is 12.0. The Morgan fingerprint density at radius 3 is 1.03 bits per heavy atom. The van der Waals surface area contributed by atoms with Crippen molar-refractivity contribution in [3.8, 4) is 0 Å². The summed E-state index contributed by atoms with van der Waals surface area (Å²) >= 11 is 0. The van der Waals surface area contributed by atoms with E-state index in [9.17, 15) is 0 Å². The van der Waals surface area contributed by atoms with E-state index < -0.39 is 0 Å². The van der Waals surface area contributed by atoms with Gasteiger partial charge in [-0.25, -0.2) is 0 Å². The molecule has 1 atom stereocenters. The first-order valence-corrected chi connectivity index (χ1v) is 17.5. The van der Waals surface area contributed by atoms with Crippen LogP contribution in [0.25, 0.3) is 0 Å². The molecule has 0 N–H and O–H groups in total. The third-order valence-electron chi connectivity index (χ3n) is 8.57. The van der Waals surface area contributed by atoms with Crippen molar-refractivity contribution in [1.82, 2.24) is 9.80 Å². The Bertz CT molecular complexity index is 474. The van der Waals surface area contributed by atoms with E-state index in [4.69, 9.17) is 0 Å². The van der Waals surface area contributed by atoms with E-state index in [2.05, 4.69) is 43.0 Å². The second kappa shape index (κ2) is 26.9. The summed E-state index contributed by atoms with van der Waals surface area (Å²) in [6.45, 7) is 9.44. The highest BCUT2D eigenvalue weighted by atomic mass is 15.4. The molecule has 0 radical (unpaired) electrons. The van der Waals surface area contributed by atoms with E-state index in [0.717, 1.165) is 0 Å². The van der Waals surface area contributed by atoms with Gasteiger partial charge in [0.1, 0.15) is 6.17 Å². The quantitative estimate of drug-likeness (QED) is 0.0908. The predicted molar refractivity (Wildman–Crippen MR) is 168 cm³/mol. The van der Waals surface area contributed by atoms with Crippen molar-refractivity contribution in [3.05, 3.63) is 12.4 Å². The first-order valence-electron chi connectivity index (χ1n) is 17.5. The molecule has 220 valence electrons. The van der Waals surface area contributed by atoms with Crippen LogP contribution in [-0.2, 0) is 0 Å². The summed E-state index contributed by atoms with van der Waals surface area (Å²) in [6, 6.07) is 0. The van der Waals surface area contributed by atoms with Crippen LogP contribution in [0.3, 0.4) is 0 Å². The third-order valence-corrected chi connectivity index (χ3v) is 8.57. The monoisotopic (exact) mass is 519 g/mol. The summed E-state index contributed by atoms with van der Waals surface area (Å²) in [5.41, 5.74) is 0. The molecule has 1 aliphatic heterocycles. The lowest BCUT2D eigenvalue weighted by Gasteiger charge is -2.33. The standard InChI is InChI=1S/C35H70N2/c1-4-7-10-12-14-16-17-18-19-20-21-22-24-26-28-30-35-36(31-9-6-3)33-34-37(35)32-29-27-25-23-15-13-11-8-5-2/h33-35H,4-32H2,1-3H3. The molecule has 1 unspecified atom stereocenters. The van der Waals surface area contributed by atoms with Gasteiger partial charge in [0.25, 0.3) is 0 Å².